The van der Waals surface area contributed by atoms with Gasteiger partial charge < -0.3 is 29.9 Å². The first-order chi connectivity index (χ1) is 13.7. The number of aliphatic hydroxyl groups is 3. The van der Waals surface area contributed by atoms with Gasteiger partial charge in [0.15, 0.2) is 6.10 Å². The maximum atomic E-state index is 12.5. The lowest BCUT2D eigenvalue weighted by molar-refractivity contribution is -0.286. The molecule has 0 radical (unpaired) electrons. The van der Waals surface area contributed by atoms with Crippen LogP contribution in [-0.2, 0) is 19.1 Å². The quantitative estimate of drug-likeness (QED) is 0.529. The van der Waals surface area contributed by atoms with Gasteiger partial charge in [0.05, 0.1) is 5.92 Å². The Balaban J connectivity index is 1.70. The predicted octanol–water partition coefficient (Wildman–Crippen LogP) is 1.26. The molecule has 2 aromatic rings. The molecule has 1 fully saturated rings. The lowest BCUT2D eigenvalue weighted by Crippen LogP contribution is -2.60. The summed E-state index contributed by atoms with van der Waals surface area (Å²) in [6.45, 7) is 3.62. The zero-order valence-electron chi connectivity index (χ0n) is 15.8. The highest BCUT2D eigenvalue weighted by Gasteiger charge is 2.48. The number of aliphatic carboxylic acids is 1. The van der Waals surface area contributed by atoms with Gasteiger partial charge in [-0.15, -0.1) is 11.3 Å². The molecule has 0 spiro atoms. The molecule has 1 aromatic heterocycles. The number of carboxylic acid groups (broad SMARTS) is 1. The van der Waals surface area contributed by atoms with Gasteiger partial charge in [-0.25, -0.2) is 4.79 Å². The molecular formula is C20H22O8S. The van der Waals surface area contributed by atoms with E-state index in [0.29, 0.717) is 5.56 Å². The second kappa shape index (κ2) is 8.60. The van der Waals surface area contributed by atoms with Crippen molar-refractivity contribution in [1.82, 2.24) is 0 Å². The minimum atomic E-state index is -1.84. The van der Waals surface area contributed by atoms with Crippen molar-refractivity contribution >= 4 is 23.3 Å². The summed E-state index contributed by atoms with van der Waals surface area (Å²) in [7, 11) is 0. The zero-order valence-corrected chi connectivity index (χ0v) is 16.6. The van der Waals surface area contributed by atoms with Crippen molar-refractivity contribution in [3.63, 3.8) is 0 Å². The van der Waals surface area contributed by atoms with Crippen molar-refractivity contribution in [2.45, 2.75) is 50.5 Å². The van der Waals surface area contributed by atoms with E-state index in [2.05, 4.69) is 0 Å². The Morgan fingerprint density at radius 1 is 1.07 bits per heavy atom. The minimum absolute atomic E-state index is 0.661. The van der Waals surface area contributed by atoms with Crippen LogP contribution in [0.25, 0.3) is 10.4 Å². The van der Waals surface area contributed by atoms with Gasteiger partial charge in [0.25, 0.3) is 0 Å². The Hall–Kier alpha value is -2.30. The van der Waals surface area contributed by atoms with Gasteiger partial charge in [0, 0.05) is 4.88 Å². The highest BCUT2D eigenvalue weighted by atomic mass is 32.1. The molecule has 6 atom stereocenters. The standard InChI is InChI=1S/C20H22O8S/c1-9-7-8-29-17(9)12-5-3-11(4-6-12)10(2)19(26)28-20-15(23)13(21)14(22)16(27-20)18(24)25/h3-8,10,13-16,20-23H,1-2H3,(H,24,25)/t10?,13-,14-,15+,16-,20?/m0/s1. The summed E-state index contributed by atoms with van der Waals surface area (Å²) in [4.78, 5) is 24.8. The van der Waals surface area contributed by atoms with E-state index < -0.39 is 48.6 Å². The third-order valence-corrected chi connectivity index (χ3v) is 6.00. The molecule has 0 amide bonds. The molecule has 9 heteroatoms. The Morgan fingerprint density at radius 2 is 1.72 bits per heavy atom. The third-order valence-electron chi connectivity index (χ3n) is 4.93. The third kappa shape index (κ3) is 4.34. The number of rotatable bonds is 5. The van der Waals surface area contributed by atoms with Crippen molar-refractivity contribution in [2.75, 3.05) is 0 Å². The summed E-state index contributed by atoms with van der Waals surface area (Å²) in [5.41, 5.74) is 2.84. The van der Waals surface area contributed by atoms with Crippen LogP contribution in [0.1, 0.15) is 24.0 Å². The number of aryl methyl sites for hydroxylation is 1. The minimum Gasteiger partial charge on any atom is -0.479 e. The van der Waals surface area contributed by atoms with Gasteiger partial charge in [-0.05, 0) is 42.0 Å². The molecule has 8 nitrogen and oxygen atoms in total. The van der Waals surface area contributed by atoms with Crippen LogP contribution in [0.2, 0.25) is 0 Å². The fraction of sp³-hybridized carbons (Fsp3) is 0.400. The SMILES string of the molecule is Cc1ccsc1-c1ccc(C(C)C(=O)OC2O[C@H](C(=O)O)[C@@H](O)[C@H](O)[C@H]2O)cc1. The van der Waals surface area contributed by atoms with Crippen LogP contribution in [0.15, 0.2) is 35.7 Å². The summed E-state index contributed by atoms with van der Waals surface area (Å²) >= 11 is 1.62. The fourth-order valence-corrected chi connectivity index (χ4v) is 4.03. The lowest BCUT2D eigenvalue weighted by Gasteiger charge is -2.38. The maximum absolute atomic E-state index is 12.5. The second-order valence-corrected chi connectivity index (χ2v) is 7.86. The molecular weight excluding hydrogens is 400 g/mol. The van der Waals surface area contributed by atoms with E-state index in [0.717, 1.165) is 16.0 Å². The van der Waals surface area contributed by atoms with Gasteiger partial charge in [-0.2, -0.15) is 0 Å². The molecule has 1 saturated heterocycles. The van der Waals surface area contributed by atoms with E-state index in [4.69, 9.17) is 14.6 Å². The first-order valence-corrected chi connectivity index (χ1v) is 9.86. The number of benzene rings is 1. The molecule has 0 bridgehead atoms. The molecule has 0 aliphatic carbocycles. The molecule has 3 rings (SSSR count). The first-order valence-electron chi connectivity index (χ1n) is 8.98. The average Bonchev–Trinajstić information content (AvgIpc) is 3.13. The Morgan fingerprint density at radius 3 is 2.28 bits per heavy atom. The summed E-state index contributed by atoms with van der Waals surface area (Å²) < 4.78 is 10.1. The molecule has 1 aromatic carbocycles. The van der Waals surface area contributed by atoms with E-state index in [9.17, 15) is 24.9 Å². The largest absolute Gasteiger partial charge is 0.479 e. The molecule has 2 unspecified atom stereocenters. The highest BCUT2D eigenvalue weighted by Crippen LogP contribution is 2.31. The number of hydrogen-bond acceptors (Lipinski definition) is 8. The Labute approximate surface area is 170 Å². The van der Waals surface area contributed by atoms with E-state index >= 15 is 0 Å². The number of carbonyl (C=O) groups excluding carboxylic acids is 1. The van der Waals surface area contributed by atoms with Crippen molar-refractivity contribution < 1.29 is 39.5 Å². The Bertz CT molecular complexity index is 877. The van der Waals surface area contributed by atoms with Crippen LogP contribution >= 0.6 is 11.3 Å². The first kappa shape index (κ1) is 21.4. The van der Waals surface area contributed by atoms with E-state index in [1.807, 2.05) is 30.5 Å². The van der Waals surface area contributed by atoms with Crippen molar-refractivity contribution in [1.29, 1.82) is 0 Å². The van der Waals surface area contributed by atoms with Gasteiger partial charge in [0.1, 0.15) is 18.3 Å². The van der Waals surface area contributed by atoms with Gasteiger partial charge in [-0.1, -0.05) is 24.3 Å². The summed E-state index contributed by atoms with van der Waals surface area (Å²) in [5.74, 6) is -3.03. The molecule has 1 aliphatic heterocycles. The molecule has 1 aliphatic rings. The number of carboxylic acids is 1. The monoisotopic (exact) mass is 422 g/mol. The predicted molar refractivity (Wildman–Crippen MR) is 103 cm³/mol. The summed E-state index contributed by atoms with van der Waals surface area (Å²) in [6, 6.07) is 9.39. The van der Waals surface area contributed by atoms with Crippen LogP contribution in [0.3, 0.4) is 0 Å². The molecule has 156 valence electrons. The van der Waals surface area contributed by atoms with Crippen LogP contribution in [0.5, 0.6) is 0 Å². The zero-order chi connectivity index (χ0) is 21.3. The molecule has 4 N–H and O–H groups in total. The van der Waals surface area contributed by atoms with E-state index in [1.54, 1.807) is 30.4 Å². The number of ether oxygens (including phenoxy) is 2. The number of aliphatic hydroxyl groups excluding tert-OH is 3. The molecule has 29 heavy (non-hydrogen) atoms. The normalized spacial score (nSPS) is 28.0. The highest BCUT2D eigenvalue weighted by molar-refractivity contribution is 7.13. The van der Waals surface area contributed by atoms with Crippen LogP contribution in [-0.4, -0.2) is 63.1 Å². The summed E-state index contributed by atoms with van der Waals surface area (Å²) in [5, 5.41) is 40.5. The number of carbonyl (C=O) groups is 2. The van der Waals surface area contributed by atoms with Crippen molar-refractivity contribution in [3.05, 3.63) is 46.8 Å². The van der Waals surface area contributed by atoms with Crippen LogP contribution in [0.4, 0.5) is 0 Å². The van der Waals surface area contributed by atoms with Crippen molar-refractivity contribution in [2.24, 2.45) is 0 Å². The molecule has 0 saturated carbocycles. The Kier molecular flexibility index (Phi) is 6.35. The van der Waals surface area contributed by atoms with E-state index in [-0.39, 0.29) is 0 Å². The smallest absolute Gasteiger partial charge is 0.335 e. The average molecular weight is 422 g/mol. The van der Waals surface area contributed by atoms with Crippen LogP contribution < -0.4 is 0 Å². The number of hydrogen-bond donors (Lipinski definition) is 4. The molecule has 2 heterocycles. The lowest BCUT2D eigenvalue weighted by atomic mass is 9.98. The van der Waals surface area contributed by atoms with Gasteiger partial charge in [-0.3, -0.25) is 4.79 Å². The van der Waals surface area contributed by atoms with Gasteiger partial charge in [0.2, 0.25) is 6.29 Å². The maximum Gasteiger partial charge on any atom is 0.335 e. The topological polar surface area (TPSA) is 134 Å². The van der Waals surface area contributed by atoms with Crippen LogP contribution in [0, 0.1) is 6.92 Å². The second-order valence-electron chi connectivity index (χ2n) is 6.95. The van der Waals surface area contributed by atoms with E-state index in [1.165, 1.54) is 0 Å². The fourth-order valence-electron chi connectivity index (χ4n) is 3.09. The van der Waals surface area contributed by atoms with Gasteiger partial charge >= 0.3 is 11.9 Å². The number of esters is 1. The summed E-state index contributed by atoms with van der Waals surface area (Å²) in [6.07, 6.45) is -8.98. The number of thiophene rings is 1. The van der Waals surface area contributed by atoms with Crippen molar-refractivity contribution in [3.8, 4) is 10.4 Å².